The van der Waals surface area contributed by atoms with E-state index in [0.717, 1.165) is 21.3 Å². The Kier molecular flexibility index (Phi) is 11.3. The zero-order valence-corrected chi connectivity index (χ0v) is 21.5. The van der Waals surface area contributed by atoms with Crippen LogP contribution in [0.25, 0.3) is 12.2 Å². The van der Waals surface area contributed by atoms with Gasteiger partial charge in [0, 0.05) is 34.0 Å². The standard InChI is InChI=1S/C18H18BrNO2.C10H11NO2/c1-13(15-7-9-16(19)10-8-15)20-17-5-3-4-14(12-17)6-11-18(21)22-2;1-13-10(12)6-5-8-3-2-4-9(11)7-8/h3-13,20H,1-2H3;2-7H,11H2,1H3/b11-6+;6-5+. The summed E-state index contributed by atoms with van der Waals surface area (Å²) < 4.78 is 10.1. The molecule has 0 fully saturated rings. The number of methoxy groups -OCH3 is 2. The van der Waals surface area contributed by atoms with E-state index in [1.165, 1.54) is 31.9 Å². The third kappa shape index (κ3) is 10.3. The van der Waals surface area contributed by atoms with E-state index < -0.39 is 0 Å². The van der Waals surface area contributed by atoms with Crippen molar-refractivity contribution in [3.63, 3.8) is 0 Å². The highest BCUT2D eigenvalue weighted by Gasteiger charge is 2.05. The van der Waals surface area contributed by atoms with Crippen LogP contribution in [0, 0.1) is 0 Å². The summed E-state index contributed by atoms with van der Waals surface area (Å²) in [6.45, 7) is 2.11. The minimum absolute atomic E-state index is 0.188. The molecule has 0 spiro atoms. The van der Waals surface area contributed by atoms with Gasteiger partial charge in [0.2, 0.25) is 0 Å². The Bertz CT molecular complexity index is 1170. The number of carbonyl (C=O) groups excluding carboxylic acids is 2. The molecule has 0 aliphatic heterocycles. The van der Waals surface area contributed by atoms with Crippen LogP contribution in [0.5, 0.6) is 0 Å². The molecule has 1 atom stereocenters. The van der Waals surface area contributed by atoms with Crippen molar-refractivity contribution < 1.29 is 19.1 Å². The van der Waals surface area contributed by atoms with Crippen LogP contribution in [0.2, 0.25) is 0 Å². The minimum atomic E-state index is -0.373. The third-order valence-electron chi connectivity index (χ3n) is 4.78. The van der Waals surface area contributed by atoms with Gasteiger partial charge in [-0.1, -0.05) is 52.3 Å². The Balaban J connectivity index is 0.000000283. The summed E-state index contributed by atoms with van der Waals surface area (Å²) in [5, 5.41) is 3.45. The van der Waals surface area contributed by atoms with Crippen molar-refractivity contribution in [1.29, 1.82) is 0 Å². The summed E-state index contributed by atoms with van der Waals surface area (Å²) in [4.78, 5) is 21.9. The lowest BCUT2D eigenvalue weighted by Gasteiger charge is -2.16. The Labute approximate surface area is 214 Å². The fourth-order valence-electron chi connectivity index (χ4n) is 2.94. The summed E-state index contributed by atoms with van der Waals surface area (Å²) in [5.41, 5.74) is 10.3. The molecular formula is C28H29BrN2O4. The molecule has 0 saturated heterocycles. The number of nitrogen functional groups attached to an aromatic ring is 1. The number of hydrogen-bond acceptors (Lipinski definition) is 6. The number of rotatable bonds is 7. The van der Waals surface area contributed by atoms with E-state index in [2.05, 4.69) is 49.8 Å². The number of hydrogen-bond donors (Lipinski definition) is 2. The van der Waals surface area contributed by atoms with Gasteiger partial charge in [0.05, 0.1) is 14.2 Å². The largest absolute Gasteiger partial charge is 0.466 e. The van der Waals surface area contributed by atoms with Gasteiger partial charge in [-0.3, -0.25) is 0 Å². The summed E-state index contributed by atoms with van der Waals surface area (Å²) >= 11 is 3.44. The quantitative estimate of drug-likeness (QED) is 0.210. The molecule has 3 rings (SSSR count). The van der Waals surface area contributed by atoms with Crippen LogP contribution < -0.4 is 11.1 Å². The number of nitrogens with two attached hydrogens (primary N) is 1. The Morgan fingerprint density at radius 2 is 1.40 bits per heavy atom. The van der Waals surface area contributed by atoms with Crippen LogP contribution >= 0.6 is 15.9 Å². The number of benzene rings is 3. The summed E-state index contributed by atoms with van der Waals surface area (Å²) in [7, 11) is 2.70. The highest BCUT2D eigenvalue weighted by atomic mass is 79.9. The van der Waals surface area contributed by atoms with Gasteiger partial charge in [0.25, 0.3) is 0 Å². The first-order valence-electron chi connectivity index (χ1n) is 10.8. The summed E-state index contributed by atoms with van der Waals surface area (Å²) in [6, 6.07) is 23.6. The first-order chi connectivity index (χ1) is 16.8. The first-order valence-corrected chi connectivity index (χ1v) is 11.6. The number of anilines is 2. The second-order valence-corrected chi connectivity index (χ2v) is 8.34. The first kappa shape index (κ1) is 27.4. The van der Waals surface area contributed by atoms with Gasteiger partial charge in [-0.2, -0.15) is 0 Å². The van der Waals surface area contributed by atoms with Gasteiger partial charge >= 0.3 is 11.9 Å². The average Bonchev–Trinajstić information content (AvgIpc) is 2.86. The maximum atomic E-state index is 11.1. The zero-order valence-electron chi connectivity index (χ0n) is 19.9. The molecule has 0 heterocycles. The lowest BCUT2D eigenvalue weighted by Crippen LogP contribution is -2.06. The Hall–Kier alpha value is -3.84. The molecule has 0 radical (unpaired) electrons. The van der Waals surface area contributed by atoms with Gasteiger partial charge in [0.15, 0.2) is 0 Å². The molecule has 3 N–H and O–H groups in total. The molecule has 1 unspecified atom stereocenters. The molecule has 7 heteroatoms. The third-order valence-corrected chi connectivity index (χ3v) is 5.31. The van der Waals surface area contributed by atoms with Crippen LogP contribution in [0.15, 0.2) is 89.4 Å². The van der Waals surface area contributed by atoms with Gasteiger partial charge in [-0.05, 0) is 72.2 Å². The monoisotopic (exact) mass is 536 g/mol. The number of nitrogens with one attached hydrogen (secondary N) is 1. The lowest BCUT2D eigenvalue weighted by atomic mass is 10.1. The van der Waals surface area contributed by atoms with Crippen molar-refractivity contribution in [2.45, 2.75) is 13.0 Å². The van der Waals surface area contributed by atoms with Crippen molar-refractivity contribution in [2.75, 3.05) is 25.3 Å². The van der Waals surface area contributed by atoms with Gasteiger partial charge in [-0.15, -0.1) is 0 Å². The average molecular weight is 537 g/mol. The van der Waals surface area contributed by atoms with Crippen LogP contribution in [0.3, 0.4) is 0 Å². The van der Waals surface area contributed by atoms with Crippen molar-refractivity contribution in [3.8, 4) is 0 Å². The smallest absolute Gasteiger partial charge is 0.330 e. The van der Waals surface area contributed by atoms with Gasteiger partial charge < -0.3 is 20.5 Å². The number of ether oxygens (including phenoxy) is 2. The molecule has 0 aliphatic carbocycles. The molecular weight excluding hydrogens is 508 g/mol. The topological polar surface area (TPSA) is 90.7 Å². The normalized spacial score (nSPS) is 11.4. The molecule has 0 amide bonds. The van der Waals surface area contributed by atoms with E-state index >= 15 is 0 Å². The van der Waals surface area contributed by atoms with E-state index in [4.69, 9.17) is 5.73 Å². The van der Waals surface area contributed by atoms with Crippen LogP contribution in [-0.4, -0.2) is 26.2 Å². The van der Waals surface area contributed by atoms with E-state index in [9.17, 15) is 9.59 Å². The summed E-state index contributed by atoms with van der Waals surface area (Å²) in [6.07, 6.45) is 6.16. The molecule has 3 aromatic rings. The Morgan fingerprint density at radius 3 is 1.94 bits per heavy atom. The highest BCUT2D eigenvalue weighted by molar-refractivity contribution is 9.10. The molecule has 0 bridgehead atoms. The highest BCUT2D eigenvalue weighted by Crippen LogP contribution is 2.22. The molecule has 35 heavy (non-hydrogen) atoms. The predicted octanol–water partition coefficient (Wildman–Crippen LogP) is 6.26. The second kappa shape index (κ2) is 14.4. The van der Waals surface area contributed by atoms with E-state index in [0.29, 0.717) is 5.69 Å². The van der Waals surface area contributed by atoms with Crippen molar-refractivity contribution in [2.24, 2.45) is 0 Å². The molecule has 0 aliphatic rings. The summed E-state index contributed by atoms with van der Waals surface area (Å²) in [5.74, 6) is -0.732. The number of halogens is 1. The molecule has 3 aromatic carbocycles. The molecule has 6 nitrogen and oxygen atoms in total. The van der Waals surface area contributed by atoms with Crippen LogP contribution in [-0.2, 0) is 19.1 Å². The Morgan fingerprint density at radius 1 is 0.857 bits per heavy atom. The minimum Gasteiger partial charge on any atom is -0.466 e. The van der Waals surface area contributed by atoms with Crippen molar-refractivity contribution in [1.82, 2.24) is 0 Å². The van der Waals surface area contributed by atoms with Gasteiger partial charge in [0.1, 0.15) is 0 Å². The van der Waals surface area contributed by atoms with Crippen LogP contribution in [0.4, 0.5) is 11.4 Å². The van der Waals surface area contributed by atoms with Crippen LogP contribution in [0.1, 0.15) is 29.7 Å². The van der Waals surface area contributed by atoms with Crippen molar-refractivity contribution >= 4 is 51.4 Å². The predicted molar refractivity (Wildman–Crippen MR) is 146 cm³/mol. The number of carbonyl (C=O) groups is 2. The molecule has 0 aromatic heterocycles. The fraction of sp³-hybridized carbons (Fsp3) is 0.143. The van der Waals surface area contributed by atoms with E-state index in [1.807, 2.05) is 48.5 Å². The van der Waals surface area contributed by atoms with E-state index in [1.54, 1.807) is 24.3 Å². The second-order valence-electron chi connectivity index (χ2n) is 7.43. The number of esters is 2. The SMILES string of the molecule is COC(=O)/C=C/c1cccc(N)c1.COC(=O)/C=C/c1cccc(NC(C)c2ccc(Br)cc2)c1. The fourth-order valence-corrected chi connectivity index (χ4v) is 3.21. The lowest BCUT2D eigenvalue weighted by molar-refractivity contribution is -0.135. The van der Waals surface area contributed by atoms with Gasteiger partial charge in [-0.25, -0.2) is 9.59 Å². The maximum Gasteiger partial charge on any atom is 0.330 e. The molecule has 182 valence electrons. The molecule has 0 saturated carbocycles. The van der Waals surface area contributed by atoms with Crippen molar-refractivity contribution in [3.05, 3.63) is 106 Å². The van der Waals surface area contributed by atoms with E-state index in [-0.39, 0.29) is 18.0 Å². The maximum absolute atomic E-state index is 11.1. The zero-order chi connectivity index (χ0) is 25.6.